The Morgan fingerprint density at radius 2 is 2.08 bits per heavy atom. The van der Waals surface area contributed by atoms with Crippen LogP contribution in [0.25, 0.3) is 0 Å². The van der Waals surface area contributed by atoms with E-state index in [0.29, 0.717) is 18.4 Å². The van der Waals surface area contributed by atoms with Gasteiger partial charge in [0.1, 0.15) is 12.4 Å². The average molecular weight is 326 g/mol. The third kappa shape index (κ3) is 2.00. The maximum absolute atomic E-state index is 12.0. The first-order valence-corrected chi connectivity index (χ1v) is 9.06. The molecule has 0 aromatic heterocycles. The van der Waals surface area contributed by atoms with E-state index in [0.717, 1.165) is 37.0 Å². The lowest BCUT2D eigenvalue weighted by Crippen LogP contribution is -2.41. The molecule has 3 heteroatoms. The molecule has 0 fully saturated rings. The lowest BCUT2D eigenvalue weighted by molar-refractivity contribution is -0.136. The molecule has 1 aliphatic heterocycles. The Balaban J connectivity index is 1.85. The number of cyclic esters (lactones) is 1. The van der Waals surface area contributed by atoms with E-state index < -0.39 is 0 Å². The van der Waals surface area contributed by atoms with Gasteiger partial charge in [-0.1, -0.05) is 32.9 Å². The van der Waals surface area contributed by atoms with Crippen LogP contribution in [0, 0.1) is 5.92 Å². The highest BCUT2D eigenvalue weighted by atomic mass is 16.5. The van der Waals surface area contributed by atoms with Gasteiger partial charge in [0, 0.05) is 5.57 Å². The monoisotopic (exact) mass is 326 g/mol. The second kappa shape index (κ2) is 5.37. The summed E-state index contributed by atoms with van der Waals surface area (Å²) in [5.74, 6) is 1.89. The minimum Gasteiger partial charge on any atom is -0.496 e. The summed E-state index contributed by atoms with van der Waals surface area (Å²) in [7, 11) is 1.79. The standard InChI is InChI=1S/C21H26O3/c1-12(2)13-5-7-17-15(19(13)23-4)6-8-18-16-11-24-20(22)14(16)9-10-21(17,18)3/h5,7,12,18H,6,8-11H2,1-4H3. The highest BCUT2D eigenvalue weighted by Gasteiger charge is 2.49. The molecule has 0 amide bonds. The van der Waals surface area contributed by atoms with Gasteiger partial charge in [0.25, 0.3) is 0 Å². The van der Waals surface area contributed by atoms with Gasteiger partial charge in [-0.05, 0) is 65.2 Å². The van der Waals surface area contributed by atoms with E-state index in [9.17, 15) is 4.79 Å². The van der Waals surface area contributed by atoms with Gasteiger partial charge in [0.05, 0.1) is 7.11 Å². The Labute approximate surface area is 144 Å². The molecule has 3 aliphatic rings. The van der Waals surface area contributed by atoms with Crippen molar-refractivity contribution in [3.05, 3.63) is 40.0 Å². The summed E-state index contributed by atoms with van der Waals surface area (Å²) in [6, 6.07) is 4.57. The molecule has 2 unspecified atom stereocenters. The first kappa shape index (κ1) is 15.7. The van der Waals surface area contributed by atoms with Gasteiger partial charge in [-0.15, -0.1) is 0 Å². The van der Waals surface area contributed by atoms with E-state index in [-0.39, 0.29) is 11.4 Å². The number of carbonyl (C=O) groups is 1. The van der Waals surface area contributed by atoms with Crippen molar-refractivity contribution in [1.29, 1.82) is 0 Å². The summed E-state index contributed by atoms with van der Waals surface area (Å²) in [5.41, 5.74) is 6.43. The molecule has 0 bridgehead atoms. The van der Waals surface area contributed by atoms with Crippen molar-refractivity contribution in [3.8, 4) is 5.75 Å². The Kier molecular flexibility index (Phi) is 3.52. The molecule has 0 spiro atoms. The molecule has 1 aromatic carbocycles. The summed E-state index contributed by atoms with van der Waals surface area (Å²) in [5, 5.41) is 0. The maximum Gasteiger partial charge on any atom is 0.334 e. The third-order valence-electron chi connectivity index (χ3n) is 6.49. The van der Waals surface area contributed by atoms with E-state index in [1.54, 1.807) is 7.11 Å². The molecular weight excluding hydrogens is 300 g/mol. The highest BCUT2D eigenvalue weighted by molar-refractivity contribution is 5.92. The van der Waals surface area contributed by atoms with Crippen LogP contribution in [-0.2, 0) is 21.4 Å². The molecule has 0 N–H and O–H groups in total. The van der Waals surface area contributed by atoms with E-state index in [1.807, 2.05) is 0 Å². The van der Waals surface area contributed by atoms with Crippen LogP contribution < -0.4 is 4.74 Å². The molecule has 1 aromatic rings. The number of benzene rings is 1. The zero-order valence-electron chi connectivity index (χ0n) is 15.1. The zero-order valence-corrected chi connectivity index (χ0v) is 15.1. The maximum atomic E-state index is 12.0. The first-order chi connectivity index (χ1) is 11.5. The van der Waals surface area contributed by atoms with Crippen molar-refractivity contribution >= 4 is 5.97 Å². The second-order valence-corrected chi connectivity index (χ2v) is 7.96. The number of esters is 1. The second-order valence-electron chi connectivity index (χ2n) is 7.96. The molecule has 2 aliphatic carbocycles. The molecule has 3 nitrogen and oxygen atoms in total. The fourth-order valence-corrected chi connectivity index (χ4v) is 5.19. The molecule has 24 heavy (non-hydrogen) atoms. The van der Waals surface area contributed by atoms with Gasteiger partial charge in [-0.25, -0.2) is 4.79 Å². The predicted octanol–water partition coefficient (Wildman–Crippen LogP) is 4.29. The van der Waals surface area contributed by atoms with E-state index in [1.165, 1.54) is 22.3 Å². The quantitative estimate of drug-likeness (QED) is 0.761. The lowest BCUT2D eigenvalue weighted by atomic mass is 9.56. The molecule has 2 atom stereocenters. The number of carbonyl (C=O) groups excluding carboxylic acids is 1. The SMILES string of the molecule is COc1c(C(C)C)ccc2c1CCC1C3=C(CCC21C)C(=O)OC3. The van der Waals surface area contributed by atoms with Crippen LogP contribution in [-0.4, -0.2) is 19.7 Å². The van der Waals surface area contributed by atoms with Crippen molar-refractivity contribution in [2.45, 2.75) is 57.8 Å². The summed E-state index contributed by atoms with van der Waals surface area (Å²) < 4.78 is 11.2. The lowest BCUT2D eigenvalue weighted by Gasteiger charge is -2.47. The van der Waals surface area contributed by atoms with E-state index >= 15 is 0 Å². The summed E-state index contributed by atoms with van der Waals surface area (Å²) in [4.78, 5) is 12.0. The van der Waals surface area contributed by atoms with Crippen LogP contribution in [0.4, 0.5) is 0 Å². The van der Waals surface area contributed by atoms with Gasteiger partial charge in [-0.3, -0.25) is 0 Å². The topological polar surface area (TPSA) is 35.5 Å². The molecule has 0 radical (unpaired) electrons. The third-order valence-corrected chi connectivity index (χ3v) is 6.49. The van der Waals surface area contributed by atoms with Crippen LogP contribution >= 0.6 is 0 Å². The highest BCUT2D eigenvalue weighted by Crippen LogP contribution is 2.55. The normalized spacial score (nSPS) is 28.4. The summed E-state index contributed by atoms with van der Waals surface area (Å²) in [6.07, 6.45) is 3.96. The molecule has 4 rings (SSSR count). The van der Waals surface area contributed by atoms with Crippen molar-refractivity contribution in [2.75, 3.05) is 13.7 Å². The summed E-state index contributed by atoms with van der Waals surface area (Å²) in [6.45, 7) is 7.31. The first-order valence-electron chi connectivity index (χ1n) is 9.06. The molecule has 0 saturated carbocycles. The van der Waals surface area contributed by atoms with Crippen LogP contribution in [0.2, 0.25) is 0 Å². The van der Waals surface area contributed by atoms with E-state index in [4.69, 9.17) is 9.47 Å². The van der Waals surface area contributed by atoms with Gasteiger partial charge < -0.3 is 9.47 Å². The van der Waals surface area contributed by atoms with Gasteiger partial charge >= 0.3 is 5.97 Å². The zero-order chi connectivity index (χ0) is 17.1. The van der Waals surface area contributed by atoms with Crippen LogP contribution in [0.1, 0.15) is 62.6 Å². The Morgan fingerprint density at radius 3 is 2.79 bits per heavy atom. The molecular formula is C21H26O3. The minimum atomic E-state index is -0.0782. The van der Waals surface area contributed by atoms with Crippen molar-refractivity contribution in [3.63, 3.8) is 0 Å². The van der Waals surface area contributed by atoms with Gasteiger partial charge in [0.2, 0.25) is 0 Å². The number of rotatable bonds is 2. The van der Waals surface area contributed by atoms with Gasteiger partial charge in [0.15, 0.2) is 0 Å². The fraction of sp³-hybridized carbons (Fsp3) is 0.571. The molecule has 128 valence electrons. The molecule has 0 saturated heterocycles. The Morgan fingerprint density at radius 1 is 1.29 bits per heavy atom. The average Bonchev–Trinajstić information content (AvgIpc) is 2.94. The smallest absolute Gasteiger partial charge is 0.334 e. The largest absolute Gasteiger partial charge is 0.496 e. The molecule has 1 heterocycles. The summed E-state index contributed by atoms with van der Waals surface area (Å²) >= 11 is 0. The Hall–Kier alpha value is -1.77. The van der Waals surface area contributed by atoms with E-state index in [2.05, 4.69) is 32.9 Å². The Bertz CT molecular complexity index is 744. The van der Waals surface area contributed by atoms with Crippen LogP contribution in [0.15, 0.2) is 23.3 Å². The number of fused-ring (bicyclic) bond motifs is 4. The van der Waals surface area contributed by atoms with Gasteiger partial charge in [-0.2, -0.15) is 0 Å². The van der Waals surface area contributed by atoms with Crippen molar-refractivity contribution in [1.82, 2.24) is 0 Å². The fourth-order valence-electron chi connectivity index (χ4n) is 5.19. The number of methoxy groups -OCH3 is 1. The number of hydrogen-bond acceptors (Lipinski definition) is 3. The van der Waals surface area contributed by atoms with Crippen molar-refractivity contribution in [2.24, 2.45) is 5.92 Å². The predicted molar refractivity (Wildman–Crippen MR) is 93.5 cm³/mol. The number of ether oxygens (including phenoxy) is 2. The van der Waals surface area contributed by atoms with Crippen molar-refractivity contribution < 1.29 is 14.3 Å². The van der Waals surface area contributed by atoms with Crippen LogP contribution in [0.3, 0.4) is 0 Å². The number of hydrogen-bond donors (Lipinski definition) is 0. The minimum absolute atomic E-state index is 0.0782. The van der Waals surface area contributed by atoms with Crippen LogP contribution in [0.5, 0.6) is 5.75 Å².